The molecule has 0 amide bonds. The highest BCUT2D eigenvalue weighted by atomic mass is 16.3. The van der Waals surface area contributed by atoms with Gasteiger partial charge in [-0.3, -0.25) is 4.90 Å². The Morgan fingerprint density at radius 3 is 2.17 bits per heavy atom. The summed E-state index contributed by atoms with van der Waals surface area (Å²) < 4.78 is 0. The van der Waals surface area contributed by atoms with Gasteiger partial charge in [-0.2, -0.15) is 0 Å². The number of rotatable bonds is 5. The van der Waals surface area contributed by atoms with Crippen LogP contribution < -0.4 is 0 Å². The lowest BCUT2D eigenvalue weighted by atomic mass is 9.83. The van der Waals surface area contributed by atoms with Crippen molar-refractivity contribution in [3.8, 4) is 0 Å². The van der Waals surface area contributed by atoms with E-state index in [-0.39, 0.29) is 6.61 Å². The van der Waals surface area contributed by atoms with Gasteiger partial charge in [-0.1, -0.05) is 38.5 Å². The second-order valence-electron chi connectivity index (χ2n) is 6.27. The zero-order valence-electron chi connectivity index (χ0n) is 11.6. The van der Waals surface area contributed by atoms with Gasteiger partial charge in [0, 0.05) is 19.1 Å². The highest BCUT2D eigenvalue weighted by molar-refractivity contribution is 4.88. The minimum absolute atomic E-state index is 0.215. The fourth-order valence-electron chi connectivity index (χ4n) is 3.71. The molecular formula is C15H29NO2. The SMILES string of the molecule is OCCN(CC1(O)CCCCC1)C1CCCCC1. The van der Waals surface area contributed by atoms with E-state index in [0.29, 0.717) is 6.04 Å². The molecule has 106 valence electrons. The largest absolute Gasteiger partial charge is 0.395 e. The Kier molecular flexibility index (Phi) is 5.46. The van der Waals surface area contributed by atoms with Gasteiger partial charge in [0.15, 0.2) is 0 Å². The first-order valence-corrected chi connectivity index (χ1v) is 7.81. The summed E-state index contributed by atoms with van der Waals surface area (Å²) in [7, 11) is 0. The van der Waals surface area contributed by atoms with E-state index in [1.54, 1.807) is 0 Å². The van der Waals surface area contributed by atoms with Gasteiger partial charge in [-0.05, 0) is 25.7 Å². The summed E-state index contributed by atoms with van der Waals surface area (Å²) in [6.07, 6.45) is 12.0. The molecular weight excluding hydrogens is 226 g/mol. The van der Waals surface area contributed by atoms with Gasteiger partial charge < -0.3 is 10.2 Å². The number of hydrogen-bond acceptors (Lipinski definition) is 3. The molecule has 3 heteroatoms. The van der Waals surface area contributed by atoms with Crippen LogP contribution in [0.2, 0.25) is 0 Å². The molecule has 2 N–H and O–H groups in total. The highest BCUT2D eigenvalue weighted by Gasteiger charge is 2.33. The van der Waals surface area contributed by atoms with E-state index in [1.165, 1.54) is 38.5 Å². The van der Waals surface area contributed by atoms with Gasteiger partial charge in [-0.25, -0.2) is 0 Å². The Morgan fingerprint density at radius 2 is 1.56 bits per heavy atom. The third-order valence-electron chi connectivity index (χ3n) is 4.76. The standard InChI is InChI=1S/C15H29NO2/c17-12-11-16(14-7-3-1-4-8-14)13-15(18)9-5-2-6-10-15/h14,17-18H,1-13H2. The number of hydrogen-bond donors (Lipinski definition) is 2. The Morgan fingerprint density at radius 1 is 0.944 bits per heavy atom. The average Bonchev–Trinajstić information content (AvgIpc) is 2.40. The van der Waals surface area contributed by atoms with Gasteiger partial charge in [0.05, 0.1) is 12.2 Å². The Hall–Kier alpha value is -0.120. The molecule has 0 aromatic carbocycles. The van der Waals surface area contributed by atoms with Crippen LogP contribution in [0.25, 0.3) is 0 Å². The summed E-state index contributed by atoms with van der Waals surface area (Å²) in [6.45, 7) is 1.72. The molecule has 0 aromatic rings. The molecule has 2 rings (SSSR count). The van der Waals surface area contributed by atoms with Crippen LogP contribution in [0.1, 0.15) is 64.2 Å². The van der Waals surface area contributed by atoms with Crippen molar-refractivity contribution in [2.24, 2.45) is 0 Å². The van der Waals surface area contributed by atoms with Gasteiger partial charge in [-0.15, -0.1) is 0 Å². The summed E-state index contributed by atoms with van der Waals surface area (Å²) in [5.74, 6) is 0. The fraction of sp³-hybridized carbons (Fsp3) is 1.00. The summed E-state index contributed by atoms with van der Waals surface area (Å²) >= 11 is 0. The van der Waals surface area contributed by atoms with Gasteiger partial charge in [0.25, 0.3) is 0 Å². The maximum Gasteiger partial charge on any atom is 0.0774 e. The van der Waals surface area contributed by atoms with Gasteiger partial charge in [0.1, 0.15) is 0 Å². The van der Waals surface area contributed by atoms with Crippen LogP contribution in [0.5, 0.6) is 0 Å². The fourth-order valence-corrected chi connectivity index (χ4v) is 3.71. The van der Waals surface area contributed by atoms with Crippen molar-refractivity contribution in [2.45, 2.75) is 75.9 Å². The normalized spacial score (nSPS) is 25.5. The zero-order chi connectivity index (χ0) is 12.8. The summed E-state index contributed by atoms with van der Waals surface area (Å²) in [4.78, 5) is 2.37. The van der Waals surface area contributed by atoms with Crippen LogP contribution in [0, 0.1) is 0 Å². The van der Waals surface area contributed by atoms with Crippen LogP contribution in [0.4, 0.5) is 0 Å². The number of aliphatic hydroxyl groups is 2. The van der Waals surface area contributed by atoms with E-state index in [4.69, 9.17) is 0 Å². The molecule has 0 bridgehead atoms. The van der Waals surface area contributed by atoms with Crippen LogP contribution >= 0.6 is 0 Å². The topological polar surface area (TPSA) is 43.7 Å². The minimum Gasteiger partial charge on any atom is -0.395 e. The first-order chi connectivity index (χ1) is 8.73. The molecule has 18 heavy (non-hydrogen) atoms. The van der Waals surface area contributed by atoms with Crippen LogP contribution in [0.15, 0.2) is 0 Å². The van der Waals surface area contributed by atoms with E-state index >= 15 is 0 Å². The molecule has 2 fully saturated rings. The predicted octanol–water partition coefficient (Wildman–Crippen LogP) is 2.31. The maximum atomic E-state index is 10.7. The Labute approximate surface area is 111 Å². The predicted molar refractivity (Wildman–Crippen MR) is 73.6 cm³/mol. The second-order valence-corrected chi connectivity index (χ2v) is 6.27. The zero-order valence-corrected chi connectivity index (χ0v) is 11.6. The lowest BCUT2D eigenvalue weighted by molar-refractivity contribution is -0.0426. The van der Waals surface area contributed by atoms with E-state index < -0.39 is 5.60 Å². The van der Waals surface area contributed by atoms with Gasteiger partial charge >= 0.3 is 0 Å². The summed E-state index contributed by atoms with van der Waals surface area (Å²) in [6, 6.07) is 0.594. The quantitative estimate of drug-likeness (QED) is 0.792. The smallest absolute Gasteiger partial charge is 0.0774 e. The lowest BCUT2D eigenvalue weighted by Crippen LogP contribution is -2.49. The summed E-state index contributed by atoms with van der Waals surface area (Å²) in [5.41, 5.74) is -0.481. The number of nitrogens with zero attached hydrogens (tertiary/aromatic N) is 1. The van der Waals surface area contributed by atoms with E-state index in [2.05, 4.69) is 4.90 Å². The minimum atomic E-state index is -0.481. The third kappa shape index (κ3) is 3.94. The first kappa shape index (κ1) is 14.3. The van der Waals surface area contributed by atoms with Gasteiger partial charge in [0.2, 0.25) is 0 Å². The van der Waals surface area contributed by atoms with E-state index in [9.17, 15) is 10.2 Å². The lowest BCUT2D eigenvalue weighted by Gasteiger charge is -2.41. The monoisotopic (exact) mass is 255 g/mol. The molecule has 0 heterocycles. The van der Waals surface area contributed by atoms with Crippen molar-refractivity contribution in [3.05, 3.63) is 0 Å². The molecule has 2 aliphatic carbocycles. The van der Waals surface area contributed by atoms with Crippen molar-refractivity contribution in [3.63, 3.8) is 0 Å². The van der Waals surface area contributed by atoms with Crippen molar-refractivity contribution in [2.75, 3.05) is 19.7 Å². The molecule has 0 spiro atoms. The van der Waals surface area contributed by atoms with Crippen LogP contribution in [0.3, 0.4) is 0 Å². The number of aliphatic hydroxyl groups excluding tert-OH is 1. The molecule has 0 atom stereocenters. The summed E-state index contributed by atoms with van der Waals surface area (Å²) in [5, 5.41) is 19.9. The third-order valence-corrected chi connectivity index (χ3v) is 4.76. The van der Waals surface area contributed by atoms with Crippen molar-refractivity contribution < 1.29 is 10.2 Å². The van der Waals surface area contributed by atoms with E-state index in [1.807, 2.05) is 0 Å². The Bertz CT molecular complexity index is 233. The molecule has 0 radical (unpaired) electrons. The van der Waals surface area contributed by atoms with Crippen LogP contribution in [-0.2, 0) is 0 Å². The van der Waals surface area contributed by atoms with Crippen molar-refractivity contribution in [1.82, 2.24) is 4.90 Å². The molecule has 2 aliphatic rings. The van der Waals surface area contributed by atoms with Crippen LogP contribution in [-0.4, -0.2) is 46.5 Å². The highest BCUT2D eigenvalue weighted by Crippen LogP contribution is 2.31. The molecule has 0 aromatic heterocycles. The van der Waals surface area contributed by atoms with Crippen molar-refractivity contribution in [1.29, 1.82) is 0 Å². The molecule has 2 saturated carbocycles. The van der Waals surface area contributed by atoms with E-state index in [0.717, 1.165) is 38.8 Å². The second kappa shape index (κ2) is 6.88. The van der Waals surface area contributed by atoms with Crippen molar-refractivity contribution >= 4 is 0 Å². The Balaban J connectivity index is 1.91. The molecule has 0 aliphatic heterocycles. The maximum absolute atomic E-state index is 10.7. The molecule has 0 saturated heterocycles. The average molecular weight is 255 g/mol. The molecule has 0 unspecified atom stereocenters. The first-order valence-electron chi connectivity index (χ1n) is 7.81. The molecule has 3 nitrogen and oxygen atoms in total.